The second-order valence-corrected chi connectivity index (χ2v) is 5.42. The minimum atomic E-state index is 0.546. The van der Waals surface area contributed by atoms with Crippen molar-refractivity contribution < 1.29 is 9.47 Å². The minimum Gasteiger partial charge on any atom is -0.486 e. The van der Waals surface area contributed by atoms with E-state index in [1.165, 1.54) is 0 Å². The second-order valence-electron chi connectivity index (χ2n) is 5.01. The molecular weight excluding hydrogens is 288 g/mol. The highest BCUT2D eigenvalue weighted by atomic mass is 35.5. The number of hydrogen-bond acceptors (Lipinski definition) is 4. The number of pyridine rings is 1. The van der Waals surface area contributed by atoms with Gasteiger partial charge in [0.05, 0.1) is 5.02 Å². The van der Waals surface area contributed by atoms with Crippen LogP contribution in [0.15, 0.2) is 30.5 Å². The summed E-state index contributed by atoms with van der Waals surface area (Å²) in [6, 6.07) is 7.97. The Morgan fingerprint density at radius 1 is 1.14 bits per heavy atom. The van der Waals surface area contributed by atoms with Gasteiger partial charge in [-0.1, -0.05) is 17.7 Å². The molecule has 0 unspecified atom stereocenters. The molecule has 1 aliphatic rings. The molecule has 1 aromatic heterocycles. The quantitative estimate of drug-likeness (QED) is 0.942. The Morgan fingerprint density at radius 3 is 2.76 bits per heavy atom. The van der Waals surface area contributed by atoms with E-state index >= 15 is 0 Å². The first-order valence-electron chi connectivity index (χ1n) is 6.92. The molecule has 1 aliphatic heterocycles. The topological polar surface area (TPSA) is 43.4 Å². The molecule has 1 N–H and O–H groups in total. The van der Waals surface area contributed by atoms with Crippen molar-refractivity contribution in [1.82, 2.24) is 10.3 Å². The molecule has 0 atom stereocenters. The Morgan fingerprint density at radius 2 is 1.95 bits per heavy atom. The smallest absolute Gasteiger partial charge is 0.179 e. The van der Waals surface area contributed by atoms with E-state index in [2.05, 4.69) is 16.4 Å². The van der Waals surface area contributed by atoms with E-state index < -0.39 is 0 Å². The predicted molar refractivity (Wildman–Crippen MR) is 82.0 cm³/mol. The first-order valence-corrected chi connectivity index (χ1v) is 7.30. The van der Waals surface area contributed by atoms with Crippen molar-refractivity contribution in [3.05, 3.63) is 52.3 Å². The van der Waals surface area contributed by atoms with Gasteiger partial charge in [0.15, 0.2) is 11.5 Å². The number of hydrogen-bond donors (Lipinski definition) is 1. The SMILES string of the molecule is Cc1ccc(CNCc2cc(Cl)c3c(c2)OCCO3)cn1. The Bertz CT molecular complexity index is 629. The van der Waals surface area contributed by atoms with E-state index in [9.17, 15) is 0 Å². The highest BCUT2D eigenvalue weighted by Gasteiger charge is 2.16. The molecule has 3 rings (SSSR count). The number of aryl methyl sites for hydroxylation is 1. The number of aromatic nitrogens is 1. The summed E-state index contributed by atoms with van der Waals surface area (Å²) in [5, 5.41) is 3.97. The molecule has 5 heteroatoms. The van der Waals surface area contributed by atoms with Crippen LogP contribution in [0.4, 0.5) is 0 Å². The molecule has 0 aliphatic carbocycles. The van der Waals surface area contributed by atoms with E-state index in [4.69, 9.17) is 21.1 Å². The van der Waals surface area contributed by atoms with E-state index in [-0.39, 0.29) is 0 Å². The highest BCUT2D eigenvalue weighted by Crippen LogP contribution is 2.38. The molecule has 110 valence electrons. The summed E-state index contributed by atoms with van der Waals surface area (Å²) in [5.74, 6) is 1.37. The van der Waals surface area contributed by atoms with E-state index in [0.29, 0.717) is 30.5 Å². The number of benzene rings is 1. The molecule has 2 heterocycles. The fourth-order valence-electron chi connectivity index (χ4n) is 2.22. The summed E-state index contributed by atoms with van der Waals surface area (Å²) in [5.41, 5.74) is 3.26. The first-order chi connectivity index (χ1) is 10.2. The van der Waals surface area contributed by atoms with Crippen LogP contribution >= 0.6 is 11.6 Å². The Labute approximate surface area is 129 Å². The van der Waals surface area contributed by atoms with Crippen molar-refractivity contribution in [1.29, 1.82) is 0 Å². The van der Waals surface area contributed by atoms with Gasteiger partial charge in [0, 0.05) is 25.0 Å². The predicted octanol–water partition coefficient (Wildman–Crippen LogP) is 3.10. The van der Waals surface area contributed by atoms with Crippen molar-refractivity contribution >= 4 is 11.6 Å². The second kappa shape index (κ2) is 6.33. The van der Waals surface area contributed by atoms with Crippen LogP contribution in [0.1, 0.15) is 16.8 Å². The number of ether oxygens (including phenoxy) is 2. The van der Waals surface area contributed by atoms with Crippen molar-refractivity contribution in [3.8, 4) is 11.5 Å². The Hall–Kier alpha value is -1.78. The number of nitrogens with one attached hydrogen (secondary N) is 1. The summed E-state index contributed by atoms with van der Waals surface area (Å²) in [6.07, 6.45) is 1.89. The van der Waals surface area contributed by atoms with E-state index in [1.807, 2.05) is 31.3 Å². The summed E-state index contributed by atoms with van der Waals surface area (Å²) < 4.78 is 11.1. The zero-order valence-corrected chi connectivity index (χ0v) is 12.6. The molecule has 4 nitrogen and oxygen atoms in total. The zero-order valence-electron chi connectivity index (χ0n) is 11.9. The summed E-state index contributed by atoms with van der Waals surface area (Å²) >= 11 is 6.22. The molecule has 0 radical (unpaired) electrons. The highest BCUT2D eigenvalue weighted by molar-refractivity contribution is 6.32. The van der Waals surface area contributed by atoms with Gasteiger partial charge in [0.25, 0.3) is 0 Å². The van der Waals surface area contributed by atoms with Gasteiger partial charge >= 0.3 is 0 Å². The summed E-state index contributed by atoms with van der Waals surface area (Å²) in [7, 11) is 0. The maximum Gasteiger partial charge on any atom is 0.179 e. The van der Waals surface area contributed by atoms with Crippen LogP contribution in [0.25, 0.3) is 0 Å². The maximum absolute atomic E-state index is 6.22. The monoisotopic (exact) mass is 304 g/mol. The van der Waals surface area contributed by atoms with Crippen LogP contribution in [-0.2, 0) is 13.1 Å². The van der Waals surface area contributed by atoms with Gasteiger partial charge in [-0.05, 0) is 36.2 Å². The van der Waals surface area contributed by atoms with Crippen LogP contribution in [-0.4, -0.2) is 18.2 Å². The lowest BCUT2D eigenvalue weighted by Crippen LogP contribution is -2.17. The third-order valence-electron chi connectivity index (χ3n) is 3.29. The van der Waals surface area contributed by atoms with Crippen LogP contribution < -0.4 is 14.8 Å². The van der Waals surface area contributed by atoms with E-state index in [1.54, 1.807) is 0 Å². The lowest BCUT2D eigenvalue weighted by Gasteiger charge is -2.20. The number of nitrogens with zero attached hydrogens (tertiary/aromatic N) is 1. The molecule has 0 bridgehead atoms. The molecule has 0 spiro atoms. The fourth-order valence-corrected chi connectivity index (χ4v) is 2.51. The number of rotatable bonds is 4. The molecule has 2 aromatic rings. The Kier molecular flexibility index (Phi) is 4.27. The van der Waals surface area contributed by atoms with E-state index in [0.717, 1.165) is 29.1 Å². The van der Waals surface area contributed by atoms with Gasteiger partial charge in [0.1, 0.15) is 13.2 Å². The minimum absolute atomic E-state index is 0.546. The fraction of sp³-hybridized carbons (Fsp3) is 0.312. The lowest BCUT2D eigenvalue weighted by atomic mass is 10.2. The van der Waals surface area contributed by atoms with Crippen LogP contribution in [0.2, 0.25) is 5.02 Å². The third kappa shape index (κ3) is 3.46. The van der Waals surface area contributed by atoms with Gasteiger partial charge in [-0.2, -0.15) is 0 Å². The first kappa shape index (κ1) is 14.2. The van der Waals surface area contributed by atoms with Gasteiger partial charge in [-0.25, -0.2) is 0 Å². The van der Waals surface area contributed by atoms with Gasteiger partial charge in [-0.15, -0.1) is 0 Å². The van der Waals surface area contributed by atoms with Crippen molar-refractivity contribution in [2.24, 2.45) is 0 Å². The normalized spacial score (nSPS) is 13.2. The average Bonchev–Trinajstić information content (AvgIpc) is 2.49. The molecule has 0 amide bonds. The third-order valence-corrected chi connectivity index (χ3v) is 3.57. The van der Waals surface area contributed by atoms with Crippen molar-refractivity contribution in [2.75, 3.05) is 13.2 Å². The van der Waals surface area contributed by atoms with Crippen molar-refractivity contribution in [2.45, 2.75) is 20.0 Å². The zero-order chi connectivity index (χ0) is 14.7. The average molecular weight is 305 g/mol. The molecule has 0 saturated carbocycles. The maximum atomic E-state index is 6.22. The van der Waals surface area contributed by atoms with Gasteiger partial charge in [-0.3, -0.25) is 4.98 Å². The van der Waals surface area contributed by atoms with Crippen LogP contribution in [0.5, 0.6) is 11.5 Å². The standard InChI is InChI=1S/C16H17ClN2O2/c1-11-2-3-12(10-19-11)8-18-9-13-6-14(17)16-15(7-13)20-4-5-21-16/h2-3,6-7,10,18H,4-5,8-9H2,1H3. The largest absolute Gasteiger partial charge is 0.486 e. The molecule has 0 fully saturated rings. The Balaban J connectivity index is 1.63. The summed E-state index contributed by atoms with van der Waals surface area (Å²) in [4.78, 5) is 4.28. The van der Waals surface area contributed by atoms with Crippen LogP contribution in [0.3, 0.4) is 0 Å². The number of halogens is 1. The lowest BCUT2D eigenvalue weighted by molar-refractivity contribution is 0.171. The van der Waals surface area contributed by atoms with Gasteiger partial charge in [0.2, 0.25) is 0 Å². The molecular formula is C16H17ClN2O2. The number of fused-ring (bicyclic) bond motifs is 1. The molecule has 21 heavy (non-hydrogen) atoms. The molecule has 1 aromatic carbocycles. The van der Waals surface area contributed by atoms with Gasteiger partial charge < -0.3 is 14.8 Å². The van der Waals surface area contributed by atoms with Crippen molar-refractivity contribution in [3.63, 3.8) is 0 Å². The molecule has 0 saturated heterocycles. The summed E-state index contributed by atoms with van der Waals surface area (Å²) in [6.45, 7) is 4.57. The van der Waals surface area contributed by atoms with Crippen LogP contribution in [0, 0.1) is 6.92 Å².